The van der Waals surface area contributed by atoms with Crippen LogP contribution in [0.4, 0.5) is 0 Å². The first-order valence-electron chi connectivity index (χ1n) is 8.00. The molecule has 1 aromatic rings. The average Bonchev–Trinajstić information content (AvgIpc) is 2.49. The molecule has 0 bridgehead atoms. The number of benzene rings is 1. The predicted molar refractivity (Wildman–Crippen MR) is 87.8 cm³/mol. The highest BCUT2D eigenvalue weighted by Crippen LogP contribution is 2.16. The summed E-state index contributed by atoms with van der Waals surface area (Å²) in [5, 5.41) is 3.45. The second-order valence-corrected chi connectivity index (χ2v) is 5.50. The number of unbranched alkanes of at least 4 members (excludes halogenated alkanes) is 5. The molecule has 0 aromatic heterocycles. The van der Waals surface area contributed by atoms with Crippen LogP contribution in [0.1, 0.15) is 56.6 Å². The second-order valence-electron chi connectivity index (χ2n) is 5.50. The monoisotopic (exact) mass is 291 g/mol. The van der Waals surface area contributed by atoms with E-state index in [9.17, 15) is 4.79 Å². The summed E-state index contributed by atoms with van der Waals surface area (Å²) >= 11 is 0. The number of nitrogens with one attached hydrogen (secondary N) is 1. The van der Waals surface area contributed by atoms with Crippen molar-refractivity contribution < 1.29 is 4.79 Å². The summed E-state index contributed by atoms with van der Waals surface area (Å²) in [5.41, 5.74) is 11.9. The summed E-state index contributed by atoms with van der Waals surface area (Å²) in [4.78, 5) is 11.2. The lowest BCUT2D eigenvalue weighted by atomic mass is 10.0. The van der Waals surface area contributed by atoms with Gasteiger partial charge in [-0.15, -0.1) is 0 Å². The van der Waals surface area contributed by atoms with Gasteiger partial charge >= 0.3 is 0 Å². The van der Waals surface area contributed by atoms with Gasteiger partial charge in [-0.25, -0.2) is 0 Å². The molecule has 21 heavy (non-hydrogen) atoms. The molecule has 118 valence electrons. The molecular weight excluding hydrogens is 262 g/mol. The Labute approximate surface area is 128 Å². The Balaban J connectivity index is 2.23. The van der Waals surface area contributed by atoms with E-state index in [1.54, 1.807) is 0 Å². The SMILES string of the molecule is NCCCCCCCCNC(CC(N)=O)c1ccccc1. The van der Waals surface area contributed by atoms with E-state index < -0.39 is 0 Å². The van der Waals surface area contributed by atoms with E-state index in [-0.39, 0.29) is 11.9 Å². The van der Waals surface area contributed by atoms with Gasteiger partial charge in [0.1, 0.15) is 0 Å². The van der Waals surface area contributed by atoms with Crippen LogP contribution in [0.25, 0.3) is 0 Å². The molecule has 1 rings (SSSR count). The topological polar surface area (TPSA) is 81.1 Å². The van der Waals surface area contributed by atoms with Crippen molar-refractivity contribution >= 4 is 5.91 Å². The van der Waals surface area contributed by atoms with Crippen molar-refractivity contribution in [1.82, 2.24) is 5.32 Å². The Bertz CT molecular complexity index is 381. The number of rotatable bonds is 12. The summed E-state index contributed by atoms with van der Waals surface area (Å²) in [6, 6.07) is 10.1. The Hall–Kier alpha value is -1.39. The maximum atomic E-state index is 11.2. The lowest BCUT2D eigenvalue weighted by Gasteiger charge is -2.17. The fraction of sp³-hybridized carbons (Fsp3) is 0.588. The van der Waals surface area contributed by atoms with Crippen molar-refractivity contribution in [2.45, 2.75) is 51.0 Å². The van der Waals surface area contributed by atoms with Crippen LogP contribution < -0.4 is 16.8 Å². The molecular formula is C17H29N3O. The largest absolute Gasteiger partial charge is 0.370 e. The standard InChI is InChI=1S/C17H29N3O/c18-12-8-3-1-2-4-9-13-20-16(14-17(19)21)15-10-6-5-7-11-15/h5-7,10-11,16,20H,1-4,8-9,12-14,18H2,(H2,19,21). The highest BCUT2D eigenvalue weighted by molar-refractivity contribution is 5.74. The number of carbonyl (C=O) groups excluding carboxylic acids is 1. The van der Waals surface area contributed by atoms with Crippen LogP contribution in [-0.4, -0.2) is 19.0 Å². The third-order valence-electron chi connectivity index (χ3n) is 3.63. The number of carbonyl (C=O) groups is 1. The van der Waals surface area contributed by atoms with Gasteiger partial charge in [0.05, 0.1) is 0 Å². The molecule has 0 spiro atoms. The first-order chi connectivity index (χ1) is 10.2. The molecule has 0 heterocycles. The Morgan fingerprint density at radius 1 is 1.00 bits per heavy atom. The van der Waals surface area contributed by atoms with Gasteiger partial charge in [0.15, 0.2) is 0 Å². The van der Waals surface area contributed by atoms with Crippen molar-refractivity contribution in [1.29, 1.82) is 0 Å². The zero-order valence-corrected chi connectivity index (χ0v) is 12.9. The van der Waals surface area contributed by atoms with E-state index in [0.29, 0.717) is 6.42 Å². The first-order valence-corrected chi connectivity index (χ1v) is 8.00. The van der Waals surface area contributed by atoms with Crippen molar-refractivity contribution in [3.05, 3.63) is 35.9 Å². The van der Waals surface area contributed by atoms with Crippen LogP contribution in [0, 0.1) is 0 Å². The highest BCUT2D eigenvalue weighted by atomic mass is 16.1. The smallest absolute Gasteiger partial charge is 0.219 e. The molecule has 0 aliphatic heterocycles. The van der Waals surface area contributed by atoms with Gasteiger partial charge in [0, 0.05) is 12.5 Å². The maximum Gasteiger partial charge on any atom is 0.219 e. The van der Waals surface area contributed by atoms with Gasteiger partial charge < -0.3 is 16.8 Å². The number of nitrogens with two attached hydrogens (primary N) is 2. The molecule has 1 atom stereocenters. The van der Waals surface area contributed by atoms with Gasteiger partial charge in [-0.05, 0) is 31.5 Å². The first kappa shape index (κ1) is 17.7. The Morgan fingerprint density at radius 3 is 2.24 bits per heavy atom. The number of hydrogen-bond donors (Lipinski definition) is 3. The lowest BCUT2D eigenvalue weighted by Crippen LogP contribution is -2.27. The van der Waals surface area contributed by atoms with E-state index in [4.69, 9.17) is 11.5 Å². The molecule has 4 heteroatoms. The van der Waals surface area contributed by atoms with Crippen molar-refractivity contribution in [3.8, 4) is 0 Å². The molecule has 1 unspecified atom stereocenters. The average molecular weight is 291 g/mol. The molecule has 1 amide bonds. The third kappa shape index (κ3) is 8.48. The van der Waals surface area contributed by atoms with E-state index >= 15 is 0 Å². The van der Waals surface area contributed by atoms with Gasteiger partial charge in [-0.1, -0.05) is 56.0 Å². The molecule has 0 aliphatic rings. The van der Waals surface area contributed by atoms with E-state index in [1.165, 1.54) is 25.7 Å². The van der Waals surface area contributed by atoms with E-state index in [2.05, 4.69) is 5.32 Å². The summed E-state index contributed by atoms with van der Waals surface area (Å²) in [7, 11) is 0. The van der Waals surface area contributed by atoms with Crippen LogP contribution in [0.15, 0.2) is 30.3 Å². The zero-order chi connectivity index (χ0) is 15.3. The van der Waals surface area contributed by atoms with Crippen LogP contribution in [0.3, 0.4) is 0 Å². The second kappa shape index (κ2) is 11.3. The molecule has 0 saturated carbocycles. The number of amides is 1. The number of primary amides is 1. The molecule has 0 saturated heterocycles. The molecule has 0 radical (unpaired) electrons. The van der Waals surface area contributed by atoms with Gasteiger partial charge in [0.25, 0.3) is 0 Å². The minimum absolute atomic E-state index is 0.0286. The molecule has 0 aliphatic carbocycles. The Morgan fingerprint density at radius 2 is 1.62 bits per heavy atom. The van der Waals surface area contributed by atoms with Crippen LogP contribution >= 0.6 is 0 Å². The predicted octanol–water partition coefficient (Wildman–Crippen LogP) is 2.49. The van der Waals surface area contributed by atoms with Crippen molar-refractivity contribution in [2.75, 3.05) is 13.1 Å². The van der Waals surface area contributed by atoms with Gasteiger partial charge in [-0.2, -0.15) is 0 Å². The quantitative estimate of drug-likeness (QED) is 0.517. The summed E-state index contributed by atoms with van der Waals surface area (Å²) < 4.78 is 0. The highest BCUT2D eigenvalue weighted by Gasteiger charge is 2.12. The van der Waals surface area contributed by atoms with Crippen molar-refractivity contribution in [2.24, 2.45) is 11.5 Å². The molecule has 1 aromatic carbocycles. The molecule has 4 nitrogen and oxygen atoms in total. The third-order valence-corrected chi connectivity index (χ3v) is 3.63. The molecule has 5 N–H and O–H groups in total. The zero-order valence-electron chi connectivity index (χ0n) is 12.9. The summed E-state index contributed by atoms with van der Waals surface area (Å²) in [5.74, 6) is -0.266. The summed E-state index contributed by atoms with van der Waals surface area (Å²) in [6.07, 6.45) is 7.58. The van der Waals surface area contributed by atoms with Gasteiger partial charge in [-0.3, -0.25) is 4.79 Å². The minimum atomic E-state index is -0.266. The lowest BCUT2D eigenvalue weighted by molar-refractivity contribution is -0.118. The van der Waals surface area contributed by atoms with Crippen LogP contribution in [0.2, 0.25) is 0 Å². The van der Waals surface area contributed by atoms with E-state index in [0.717, 1.165) is 31.5 Å². The number of hydrogen-bond acceptors (Lipinski definition) is 3. The molecule has 0 fully saturated rings. The fourth-order valence-electron chi connectivity index (χ4n) is 2.45. The van der Waals surface area contributed by atoms with Crippen molar-refractivity contribution in [3.63, 3.8) is 0 Å². The van der Waals surface area contributed by atoms with E-state index in [1.807, 2.05) is 30.3 Å². The summed E-state index contributed by atoms with van der Waals surface area (Å²) in [6.45, 7) is 1.72. The minimum Gasteiger partial charge on any atom is -0.370 e. The fourth-order valence-corrected chi connectivity index (χ4v) is 2.45. The Kier molecular flexibility index (Phi) is 9.49. The van der Waals surface area contributed by atoms with Crippen LogP contribution in [-0.2, 0) is 4.79 Å². The normalized spacial score (nSPS) is 12.2. The maximum absolute atomic E-state index is 11.2. The van der Waals surface area contributed by atoms with Crippen LogP contribution in [0.5, 0.6) is 0 Å². The van der Waals surface area contributed by atoms with Gasteiger partial charge in [0.2, 0.25) is 5.91 Å².